The van der Waals surface area contributed by atoms with Gasteiger partial charge in [-0.25, -0.2) is 0 Å². The minimum atomic E-state index is -0.443. The highest BCUT2D eigenvalue weighted by molar-refractivity contribution is 7.71. The zero-order chi connectivity index (χ0) is 16.6. The van der Waals surface area contributed by atoms with Crippen LogP contribution in [0, 0.1) is 4.77 Å². The molecule has 118 valence electrons. The summed E-state index contributed by atoms with van der Waals surface area (Å²) in [7, 11) is 0. The number of aromatic amines is 1. The van der Waals surface area contributed by atoms with Crippen LogP contribution in [0.15, 0.2) is 49.9 Å². The third kappa shape index (κ3) is 2.95. The van der Waals surface area contributed by atoms with Crippen LogP contribution in [-0.4, -0.2) is 20.4 Å². The van der Waals surface area contributed by atoms with Gasteiger partial charge in [0.1, 0.15) is 11.3 Å². The maximum Gasteiger partial charge on any atom is 0.262 e. The molecule has 0 atom stereocenters. The van der Waals surface area contributed by atoms with Gasteiger partial charge in [-0.15, -0.1) is 0 Å². The molecule has 3 rings (SSSR count). The predicted octanol–water partition coefficient (Wildman–Crippen LogP) is 3.01. The van der Waals surface area contributed by atoms with E-state index in [0.717, 1.165) is 17.0 Å². The third-order valence-electron chi connectivity index (χ3n) is 3.53. The van der Waals surface area contributed by atoms with Gasteiger partial charge >= 0.3 is 0 Å². The van der Waals surface area contributed by atoms with E-state index in [1.165, 1.54) is 10.8 Å². The van der Waals surface area contributed by atoms with Crippen molar-refractivity contribution in [2.75, 3.05) is 0 Å². The van der Waals surface area contributed by atoms with Crippen LogP contribution in [-0.2, 0) is 6.54 Å². The molecule has 0 radical (unpaired) electrons. The van der Waals surface area contributed by atoms with Crippen molar-refractivity contribution in [1.82, 2.24) is 9.55 Å². The number of aliphatic imine (C=N–C) groups is 1. The van der Waals surface area contributed by atoms with Crippen molar-refractivity contribution in [3.8, 4) is 5.88 Å². The topological polar surface area (TPSA) is 83.5 Å². The van der Waals surface area contributed by atoms with Crippen molar-refractivity contribution in [3.63, 3.8) is 0 Å². The summed E-state index contributed by atoms with van der Waals surface area (Å²) >= 11 is 5.13. The molecule has 2 aromatic heterocycles. The van der Waals surface area contributed by atoms with Crippen LogP contribution in [0.2, 0.25) is 0 Å². The Labute approximate surface area is 137 Å². The second-order valence-corrected chi connectivity index (χ2v) is 5.63. The van der Waals surface area contributed by atoms with E-state index >= 15 is 0 Å². The predicted molar refractivity (Wildman–Crippen MR) is 90.2 cm³/mol. The Hall–Kier alpha value is -2.67. The zero-order valence-corrected chi connectivity index (χ0v) is 13.5. The number of nitrogens with zero attached hydrogens (tertiary/aromatic N) is 2. The first-order chi connectivity index (χ1) is 11.0. The fraction of sp³-hybridized carbons (Fsp3) is 0.188. The number of aromatic hydroxyl groups is 1. The minimum absolute atomic E-state index is 0.134. The van der Waals surface area contributed by atoms with Crippen molar-refractivity contribution < 1.29 is 9.52 Å². The Balaban J connectivity index is 2.12. The molecule has 23 heavy (non-hydrogen) atoms. The zero-order valence-electron chi connectivity index (χ0n) is 12.7. The standard InChI is InChI=1S/C16H15N3O3S/c1-9-6-11(10(2)17-9)7-13-14(20)18-16(23)19(15(13)21)8-12-4-3-5-22-12/h3-7,21H,8H2,1-2H3,(H,18,20,23)/b11-7+. The molecule has 0 amide bonds. The van der Waals surface area contributed by atoms with Crippen molar-refractivity contribution in [1.29, 1.82) is 0 Å². The molecule has 2 N–H and O–H groups in total. The van der Waals surface area contributed by atoms with Crippen molar-refractivity contribution in [3.05, 3.63) is 62.2 Å². The number of furan rings is 1. The van der Waals surface area contributed by atoms with Gasteiger partial charge in [0.05, 0.1) is 12.8 Å². The Morgan fingerprint density at radius 3 is 2.87 bits per heavy atom. The molecule has 7 heteroatoms. The van der Waals surface area contributed by atoms with Crippen LogP contribution in [0.3, 0.4) is 0 Å². The van der Waals surface area contributed by atoms with Crippen LogP contribution in [0.4, 0.5) is 0 Å². The van der Waals surface area contributed by atoms with Gasteiger partial charge < -0.3 is 9.52 Å². The van der Waals surface area contributed by atoms with Gasteiger partial charge in [0.2, 0.25) is 5.88 Å². The van der Waals surface area contributed by atoms with Gasteiger partial charge in [-0.05, 0) is 55.9 Å². The number of rotatable bonds is 3. The number of hydrogen-bond donors (Lipinski definition) is 2. The van der Waals surface area contributed by atoms with Crippen molar-refractivity contribution in [2.45, 2.75) is 20.4 Å². The quantitative estimate of drug-likeness (QED) is 0.848. The lowest BCUT2D eigenvalue weighted by molar-refractivity contribution is 0.396. The number of H-pyrrole nitrogens is 1. The van der Waals surface area contributed by atoms with Crippen LogP contribution >= 0.6 is 12.2 Å². The number of hydrogen-bond acceptors (Lipinski definition) is 5. The smallest absolute Gasteiger partial charge is 0.262 e. The molecule has 0 spiro atoms. The lowest BCUT2D eigenvalue weighted by Crippen LogP contribution is -2.17. The summed E-state index contributed by atoms with van der Waals surface area (Å²) in [6.07, 6.45) is 5.00. The molecule has 0 saturated heterocycles. The first kappa shape index (κ1) is 15.2. The van der Waals surface area contributed by atoms with E-state index < -0.39 is 5.56 Å². The molecule has 0 aliphatic carbocycles. The monoisotopic (exact) mass is 329 g/mol. The highest BCUT2D eigenvalue weighted by Gasteiger charge is 2.15. The van der Waals surface area contributed by atoms with Gasteiger partial charge in [0, 0.05) is 11.4 Å². The Bertz CT molecular complexity index is 959. The molecular weight excluding hydrogens is 314 g/mol. The molecule has 1 aliphatic rings. The van der Waals surface area contributed by atoms with E-state index in [2.05, 4.69) is 9.98 Å². The number of nitrogens with one attached hydrogen (secondary N) is 1. The first-order valence-corrected chi connectivity index (χ1v) is 7.40. The molecular formula is C16H15N3O3S. The molecule has 0 bridgehead atoms. The normalized spacial score (nSPS) is 15.8. The van der Waals surface area contributed by atoms with Gasteiger partial charge in [0.25, 0.3) is 5.56 Å². The molecule has 0 unspecified atom stereocenters. The Morgan fingerprint density at radius 1 is 1.48 bits per heavy atom. The second kappa shape index (κ2) is 5.85. The first-order valence-electron chi connectivity index (χ1n) is 7.00. The molecule has 0 fully saturated rings. The molecule has 2 aromatic rings. The summed E-state index contributed by atoms with van der Waals surface area (Å²) in [5.74, 6) is 0.421. The van der Waals surface area contributed by atoms with Gasteiger partial charge in [-0.3, -0.25) is 19.3 Å². The highest BCUT2D eigenvalue weighted by atomic mass is 32.1. The average molecular weight is 329 g/mol. The summed E-state index contributed by atoms with van der Waals surface area (Å²) in [5, 5.41) is 10.5. The number of allylic oxidation sites excluding steroid dienone is 3. The van der Waals surface area contributed by atoms with Crippen LogP contribution in [0.1, 0.15) is 25.2 Å². The van der Waals surface area contributed by atoms with Gasteiger partial charge in [0.15, 0.2) is 4.77 Å². The molecule has 3 heterocycles. The molecule has 0 saturated carbocycles. The summed E-state index contributed by atoms with van der Waals surface area (Å²) in [4.78, 5) is 19.0. The van der Waals surface area contributed by atoms with E-state index in [1.807, 2.05) is 19.9 Å². The lowest BCUT2D eigenvalue weighted by Gasteiger charge is -2.10. The number of aromatic nitrogens is 2. The largest absolute Gasteiger partial charge is 0.494 e. The fourth-order valence-corrected chi connectivity index (χ4v) is 2.65. The lowest BCUT2D eigenvalue weighted by atomic mass is 10.1. The van der Waals surface area contributed by atoms with Crippen LogP contribution < -0.4 is 5.56 Å². The maximum atomic E-state index is 12.2. The van der Waals surface area contributed by atoms with Crippen LogP contribution in [0.5, 0.6) is 5.88 Å². The van der Waals surface area contributed by atoms with E-state index in [1.54, 1.807) is 18.2 Å². The van der Waals surface area contributed by atoms with Crippen molar-refractivity contribution >= 4 is 24.0 Å². The van der Waals surface area contributed by atoms with Gasteiger partial charge in [-0.2, -0.15) is 0 Å². The third-order valence-corrected chi connectivity index (χ3v) is 3.85. The SMILES string of the molecule is CC1=C/C(=C\c2c(O)n(Cc3ccco3)c(=S)[nH]c2=O)C(C)=N1. The maximum absolute atomic E-state index is 12.2. The Morgan fingerprint density at radius 2 is 2.26 bits per heavy atom. The van der Waals surface area contributed by atoms with Crippen molar-refractivity contribution in [2.24, 2.45) is 4.99 Å². The van der Waals surface area contributed by atoms with E-state index in [4.69, 9.17) is 16.6 Å². The summed E-state index contributed by atoms with van der Waals surface area (Å²) in [5.41, 5.74) is 2.13. The highest BCUT2D eigenvalue weighted by Crippen LogP contribution is 2.22. The second-order valence-electron chi connectivity index (χ2n) is 5.24. The molecule has 0 aromatic carbocycles. The summed E-state index contributed by atoms with van der Waals surface area (Å²) in [6, 6.07) is 3.51. The van der Waals surface area contributed by atoms with E-state index in [9.17, 15) is 9.90 Å². The van der Waals surface area contributed by atoms with E-state index in [0.29, 0.717) is 5.76 Å². The average Bonchev–Trinajstić information content (AvgIpc) is 3.09. The minimum Gasteiger partial charge on any atom is -0.494 e. The van der Waals surface area contributed by atoms with E-state index in [-0.39, 0.29) is 22.8 Å². The molecule has 1 aliphatic heterocycles. The Kier molecular flexibility index (Phi) is 3.87. The van der Waals surface area contributed by atoms with Crippen LogP contribution in [0.25, 0.3) is 6.08 Å². The fourth-order valence-electron chi connectivity index (χ4n) is 2.40. The summed E-state index contributed by atoms with van der Waals surface area (Å²) < 4.78 is 6.82. The summed E-state index contributed by atoms with van der Waals surface area (Å²) in [6.45, 7) is 3.95. The molecule has 6 nitrogen and oxygen atoms in total. The van der Waals surface area contributed by atoms with Gasteiger partial charge in [-0.1, -0.05) is 0 Å².